The zero-order chi connectivity index (χ0) is 14.3. The first-order chi connectivity index (χ1) is 8.70. The first-order valence-corrected chi connectivity index (χ1v) is 8.45. The Kier molecular flexibility index (Phi) is 3.51. The van der Waals surface area contributed by atoms with Crippen molar-refractivity contribution >= 4 is 21.2 Å². The summed E-state index contributed by atoms with van der Waals surface area (Å²) in [6, 6.07) is 5.29. The van der Waals surface area contributed by atoms with E-state index in [-0.39, 0.29) is 10.3 Å². The van der Waals surface area contributed by atoms with Crippen molar-refractivity contribution in [2.75, 3.05) is 17.3 Å². The van der Waals surface area contributed by atoms with E-state index in [1.807, 2.05) is 0 Å². The number of hydrogen-bond donors (Lipinski definition) is 2. The molecule has 1 unspecified atom stereocenters. The van der Waals surface area contributed by atoms with Gasteiger partial charge in [-0.15, -0.1) is 0 Å². The smallest absolute Gasteiger partial charge is 0.175 e. The van der Waals surface area contributed by atoms with E-state index in [4.69, 9.17) is 5.73 Å². The van der Waals surface area contributed by atoms with Crippen LogP contribution >= 0.6 is 0 Å². The molecule has 1 saturated carbocycles. The van der Waals surface area contributed by atoms with Gasteiger partial charge < -0.3 is 11.1 Å². The largest absolute Gasteiger partial charge is 0.397 e. The Balaban J connectivity index is 2.23. The second-order valence-electron chi connectivity index (χ2n) is 6.10. The van der Waals surface area contributed by atoms with Crippen LogP contribution in [0, 0.1) is 5.41 Å². The fourth-order valence-electron chi connectivity index (χ4n) is 2.68. The first kappa shape index (κ1) is 14.2. The number of rotatable bonds is 3. The van der Waals surface area contributed by atoms with Gasteiger partial charge in [0.1, 0.15) is 0 Å². The summed E-state index contributed by atoms with van der Waals surface area (Å²) in [6.07, 6.45) is 4.73. The molecule has 1 aromatic carbocycles. The Bertz CT molecular complexity index is 579. The molecule has 1 fully saturated rings. The fraction of sp³-hybridized carbons (Fsp3) is 0.571. The van der Waals surface area contributed by atoms with Crippen LogP contribution in [0.25, 0.3) is 0 Å². The second-order valence-corrected chi connectivity index (χ2v) is 8.11. The predicted molar refractivity (Wildman–Crippen MR) is 79.0 cm³/mol. The Morgan fingerprint density at radius 1 is 1.37 bits per heavy atom. The molecular weight excluding hydrogens is 260 g/mol. The maximum Gasteiger partial charge on any atom is 0.175 e. The van der Waals surface area contributed by atoms with Crippen LogP contribution in [0.5, 0.6) is 0 Å². The standard InChI is InChI=1S/C14H22N2O2S/c1-14(2)8-4-5-13(14)16-12-7-6-10(9-11(12)15)19(3,17)18/h6-7,9,13,16H,4-5,8,15H2,1-3H3. The molecule has 0 amide bonds. The van der Waals surface area contributed by atoms with Crippen molar-refractivity contribution in [1.29, 1.82) is 0 Å². The minimum absolute atomic E-state index is 0.252. The number of anilines is 2. The zero-order valence-electron chi connectivity index (χ0n) is 11.7. The summed E-state index contributed by atoms with van der Waals surface area (Å²) in [6.45, 7) is 4.50. The highest BCUT2D eigenvalue weighted by Gasteiger charge is 2.34. The first-order valence-electron chi connectivity index (χ1n) is 6.56. The van der Waals surface area contributed by atoms with Gasteiger partial charge in [-0.25, -0.2) is 8.42 Å². The summed E-state index contributed by atoms with van der Waals surface area (Å²) >= 11 is 0. The molecule has 0 radical (unpaired) electrons. The molecule has 1 aliphatic rings. The van der Waals surface area contributed by atoms with Gasteiger partial charge in [0.05, 0.1) is 16.3 Å². The van der Waals surface area contributed by atoms with Gasteiger partial charge in [-0.05, 0) is 36.5 Å². The third-order valence-corrected chi connectivity index (χ3v) is 5.15. The molecule has 2 rings (SSSR count). The normalized spacial score (nSPS) is 22.4. The van der Waals surface area contributed by atoms with E-state index in [2.05, 4.69) is 19.2 Å². The van der Waals surface area contributed by atoms with E-state index >= 15 is 0 Å². The van der Waals surface area contributed by atoms with Crippen LogP contribution in [0.15, 0.2) is 23.1 Å². The minimum Gasteiger partial charge on any atom is -0.397 e. The summed E-state index contributed by atoms with van der Waals surface area (Å²) in [4.78, 5) is 0.265. The van der Waals surface area contributed by atoms with E-state index in [1.54, 1.807) is 12.1 Å². The van der Waals surface area contributed by atoms with Gasteiger partial charge in [-0.3, -0.25) is 0 Å². The lowest BCUT2D eigenvalue weighted by Crippen LogP contribution is -2.31. The molecule has 0 aromatic heterocycles. The van der Waals surface area contributed by atoms with Crippen molar-refractivity contribution in [2.24, 2.45) is 5.41 Å². The van der Waals surface area contributed by atoms with E-state index < -0.39 is 9.84 Å². The molecule has 1 aromatic rings. The molecular formula is C14H22N2O2S. The Labute approximate surface area is 115 Å². The van der Waals surface area contributed by atoms with Gasteiger partial charge in [0.15, 0.2) is 9.84 Å². The Morgan fingerprint density at radius 3 is 2.53 bits per heavy atom. The zero-order valence-corrected chi connectivity index (χ0v) is 12.5. The molecule has 0 aliphatic heterocycles. The molecule has 4 nitrogen and oxygen atoms in total. The van der Waals surface area contributed by atoms with Crippen molar-refractivity contribution in [3.8, 4) is 0 Å². The molecule has 1 atom stereocenters. The SMILES string of the molecule is CC1(C)CCCC1Nc1ccc(S(C)(=O)=O)cc1N. The molecule has 19 heavy (non-hydrogen) atoms. The lowest BCUT2D eigenvalue weighted by Gasteiger charge is -2.29. The number of nitrogen functional groups attached to an aromatic ring is 1. The average Bonchev–Trinajstić information content (AvgIpc) is 2.59. The Hall–Kier alpha value is -1.23. The highest BCUT2D eigenvalue weighted by Crippen LogP contribution is 2.39. The van der Waals surface area contributed by atoms with Crippen LogP contribution in [-0.2, 0) is 9.84 Å². The average molecular weight is 282 g/mol. The van der Waals surface area contributed by atoms with Crippen molar-refractivity contribution < 1.29 is 8.42 Å². The van der Waals surface area contributed by atoms with Crippen LogP contribution in [0.1, 0.15) is 33.1 Å². The Morgan fingerprint density at radius 2 is 2.05 bits per heavy atom. The van der Waals surface area contributed by atoms with Gasteiger partial charge in [0, 0.05) is 12.3 Å². The molecule has 1 aliphatic carbocycles. The summed E-state index contributed by atoms with van der Waals surface area (Å²) in [5, 5.41) is 3.46. The molecule has 0 spiro atoms. The molecule has 0 bridgehead atoms. The summed E-state index contributed by atoms with van der Waals surface area (Å²) in [5.41, 5.74) is 7.53. The number of nitrogens with two attached hydrogens (primary N) is 1. The van der Waals surface area contributed by atoms with E-state index in [0.717, 1.165) is 12.1 Å². The highest BCUT2D eigenvalue weighted by molar-refractivity contribution is 7.90. The van der Waals surface area contributed by atoms with Crippen molar-refractivity contribution in [3.63, 3.8) is 0 Å². The minimum atomic E-state index is -3.20. The van der Waals surface area contributed by atoms with Gasteiger partial charge in [-0.2, -0.15) is 0 Å². The van der Waals surface area contributed by atoms with Crippen LogP contribution < -0.4 is 11.1 Å². The molecule has 0 heterocycles. The monoisotopic (exact) mass is 282 g/mol. The topological polar surface area (TPSA) is 72.2 Å². The number of benzene rings is 1. The van der Waals surface area contributed by atoms with E-state index in [9.17, 15) is 8.42 Å². The maximum absolute atomic E-state index is 11.5. The van der Waals surface area contributed by atoms with Crippen molar-refractivity contribution in [3.05, 3.63) is 18.2 Å². The van der Waals surface area contributed by atoms with Crippen LogP contribution in [0.3, 0.4) is 0 Å². The third kappa shape index (κ3) is 3.03. The van der Waals surface area contributed by atoms with E-state index in [0.29, 0.717) is 11.7 Å². The van der Waals surface area contributed by atoms with E-state index in [1.165, 1.54) is 25.2 Å². The highest BCUT2D eigenvalue weighted by atomic mass is 32.2. The number of sulfone groups is 1. The van der Waals surface area contributed by atoms with Crippen LogP contribution in [0.2, 0.25) is 0 Å². The van der Waals surface area contributed by atoms with Crippen molar-refractivity contribution in [2.45, 2.75) is 44.0 Å². The third-order valence-electron chi connectivity index (χ3n) is 4.04. The fourth-order valence-corrected chi connectivity index (χ4v) is 3.34. The predicted octanol–water partition coefficient (Wildman–Crippen LogP) is 2.66. The van der Waals surface area contributed by atoms with Gasteiger partial charge >= 0.3 is 0 Å². The maximum atomic E-state index is 11.5. The van der Waals surface area contributed by atoms with Crippen LogP contribution in [-0.4, -0.2) is 20.7 Å². The lowest BCUT2D eigenvalue weighted by molar-refractivity contribution is 0.350. The molecule has 3 N–H and O–H groups in total. The number of nitrogens with one attached hydrogen (secondary N) is 1. The quantitative estimate of drug-likeness (QED) is 0.836. The molecule has 5 heteroatoms. The number of hydrogen-bond acceptors (Lipinski definition) is 4. The second kappa shape index (κ2) is 4.71. The molecule has 0 saturated heterocycles. The summed E-state index contributed by atoms with van der Waals surface area (Å²) in [7, 11) is -3.20. The summed E-state index contributed by atoms with van der Waals surface area (Å²) in [5.74, 6) is 0. The van der Waals surface area contributed by atoms with Crippen molar-refractivity contribution in [1.82, 2.24) is 0 Å². The van der Waals surface area contributed by atoms with Gasteiger partial charge in [0.25, 0.3) is 0 Å². The molecule has 106 valence electrons. The van der Waals surface area contributed by atoms with Crippen LogP contribution in [0.4, 0.5) is 11.4 Å². The van der Waals surface area contributed by atoms with Gasteiger partial charge in [0.2, 0.25) is 0 Å². The summed E-state index contributed by atoms with van der Waals surface area (Å²) < 4.78 is 22.9. The van der Waals surface area contributed by atoms with Gasteiger partial charge in [-0.1, -0.05) is 20.3 Å². The lowest BCUT2D eigenvalue weighted by atomic mass is 9.87.